The molecule has 1 fully saturated rings. The highest BCUT2D eigenvalue weighted by Crippen LogP contribution is 2.30. The minimum Gasteiger partial charge on any atom is -0.330 e. The molecule has 2 atom stereocenters. The van der Waals surface area contributed by atoms with Gasteiger partial charge in [-0.15, -0.1) is 0 Å². The zero-order chi connectivity index (χ0) is 15.5. The molecule has 2 unspecified atom stereocenters. The van der Waals surface area contributed by atoms with Crippen LogP contribution in [0.1, 0.15) is 52.0 Å². The van der Waals surface area contributed by atoms with E-state index in [2.05, 4.69) is 38.2 Å². The number of carbonyl (C=O) groups excluding carboxylic acids is 1. The van der Waals surface area contributed by atoms with Crippen LogP contribution in [0.15, 0.2) is 24.3 Å². The van der Waals surface area contributed by atoms with Crippen molar-refractivity contribution in [1.82, 2.24) is 0 Å². The lowest BCUT2D eigenvalue weighted by atomic mass is 9.78. The molecule has 1 amide bonds. The first-order valence-corrected chi connectivity index (χ1v) is 8.03. The van der Waals surface area contributed by atoms with E-state index in [4.69, 9.17) is 5.73 Å². The minimum absolute atomic E-state index is 0.0750. The van der Waals surface area contributed by atoms with Gasteiger partial charge in [0, 0.05) is 11.6 Å². The predicted molar refractivity (Wildman–Crippen MR) is 88.3 cm³/mol. The third-order valence-electron chi connectivity index (χ3n) is 4.57. The second kappa shape index (κ2) is 6.61. The molecule has 1 aromatic carbocycles. The fraction of sp³-hybridized carbons (Fsp3) is 0.611. The van der Waals surface area contributed by atoms with Gasteiger partial charge in [-0.05, 0) is 48.4 Å². The molecule has 0 aromatic heterocycles. The summed E-state index contributed by atoms with van der Waals surface area (Å²) in [5, 5.41) is 3.06. The highest BCUT2D eigenvalue weighted by Gasteiger charge is 2.29. The second-order valence-corrected chi connectivity index (χ2v) is 7.20. The molecule has 0 saturated heterocycles. The molecule has 1 aliphatic rings. The smallest absolute Gasteiger partial charge is 0.227 e. The summed E-state index contributed by atoms with van der Waals surface area (Å²) >= 11 is 0. The van der Waals surface area contributed by atoms with Crippen molar-refractivity contribution in [1.29, 1.82) is 0 Å². The summed E-state index contributed by atoms with van der Waals surface area (Å²) in [6, 6.07) is 8.19. The fourth-order valence-corrected chi connectivity index (χ4v) is 3.12. The Morgan fingerprint density at radius 3 is 2.38 bits per heavy atom. The van der Waals surface area contributed by atoms with Crippen LogP contribution in [-0.2, 0) is 10.2 Å². The van der Waals surface area contributed by atoms with Gasteiger partial charge in [0.25, 0.3) is 0 Å². The molecule has 1 saturated carbocycles. The summed E-state index contributed by atoms with van der Waals surface area (Å²) in [6.45, 7) is 7.18. The van der Waals surface area contributed by atoms with Gasteiger partial charge in [0.15, 0.2) is 0 Å². The van der Waals surface area contributed by atoms with E-state index in [1.807, 2.05) is 12.1 Å². The van der Waals surface area contributed by atoms with E-state index in [9.17, 15) is 4.79 Å². The summed E-state index contributed by atoms with van der Waals surface area (Å²) in [4.78, 5) is 12.5. The van der Waals surface area contributed by atoms with Crippen molar-refractivity contribution < 1.29 is 4.79 Å². The number of hydrogen-bond acceptors (Lipinski definition) is 2. The van der Waals surface area contributed by atoms with Gasteiger partial charge in [-0.25, -0.2) is 0 Å². The van der Waals surface area contributed by atoms with Crippen LogP contribution in [0.2, 0.25) is 0 Å². The molecule has 1 aromatic rings. The molecule has 116 valence electrons. The lowest BCUT2D eigenvalue weighted by Crippen LogP contribution is -2.35. The first kappa shape index (κ1) is 16.0. The monoisotopic (exact) mass is 288 g/mol. The minimum atomic E-state index is 0.0750. The van der Waals surface area contributed by atoms with Gasteiger partial charge >= 0.3 is 0 Å². The molecule has 0 aliphatic heterocycles. The van der Waals surface area contributed by atoms with Gasteiger partial charge in [-0.2, -0.15) is 0 Å². The van der Waals surface area contributed by atoms with E-state index in [1.54, 1.807) is 0 Å². The normalized spacial score (nSPS) is 22.9. The number of rotatable bonds is 3. The molecule has 3 heteroatoms. The maximum absolute atomic E-state index is 12.5. The summed E-state index contributed by atoms with van der Waals surface area (Å²) in [5.41, 5.74) is 8.11. The largest absolute Gasteiger partial charge is 0.330 e. The van der Waals surface area contributed by atoms with Gasteiger partial charge in [-0.1, -0.05) is 45.7 Å². The van der Waals surface area contributed by atoms with Crippen LogP contribution < -0.4 is 11.1 Å². The number of amides is 1. The zero-order valence-electron chi connectivity index (χ0n) is 13.5. The van der Waals surface area contributed by atoms with Crippen LogP contribution in [0.3, 0.4) is 0 Å². The molecule has 1 aliphatic carbocycles. The number of benzene rings is 1. The molecule has 0 bridgehead atoms. The van der Waals surface area contributed by atoms with Crippen molar-refractivity contribution in [3.05, 3.63) is 29.8 Å². The van der Waals surface area contributed by atoms with Gasteiger partial charge in [-0.3, -0.25) is 4.79 Å². The Morgan fingerprint density at radius 2 is 1.81 bits per heavy atom. The molecule has 0 spiro atoms. The van der Waals surface area contributed by atoms with Crippen molar-refractivity contribution in [2.24, 2.45) is 17.6 Å². The van der Waals surface area contributed by atoms with E-state index in [0.29, 0.717) is 12.5 Å². The van der Waals surface area contributed by atoms with Crippen molar-refractivity contribution in [2.75, 3.05) is 11.9 Å². The second-order valence-electron chi connectivity index (χ2n) is 7.20. The topological polar surface area (TPSA) is 55.1 Å². The Morgan fingerprint density at radius 1 is 1.19 bits per heavy atom. The van der Waals surface area contributed by atoms with Crippen molar-refractivity contribution in [3.63, 3.8) is 0 Å². The van der Waals surface area contributed by atoms with E-state index in [1.165, 1.54) is 12.0 Å². The molecule has 21 heavy (non-hydrogen) atoms. The van der Waals surface area contributed by atoms with Crippen molar-refractivity contribution in [3.8, 4) is 0 Å². The highest BCUT2D eigenvalue weighted by molar-refractivity contribution is 5.92. The van der Waals surface area contributed by atoms with Gasteiger partial charge < -0.3 is 11.1 Å². The number of anilines is 1. The lowest BCUT2D eigenvalue weighted by molar-refractivity contribution is -0.122. The quantitative estimate of drug-likeness (QED) is 0.891. The number of hydrogen-bond donors (Lipinski definition) is 2. The number of carbonyl (C=O) groups is 1. The predicted octanol–water partition coefficient (Wildman–Crippen LogP) is 3.69. The van der Waals surface area contributed by atoms with Crippen LogP contribution >= 0.6 is 0 Å². The van der Waals surface area contributed by atoms with E-state index in [-0.39, 0.29) is 17.2 Å². The third kappa shape index (κ3) is 4.07. The van der Waals surface area contributed by atoms with Crippen LogP contribution in [0.25, 0.3) is 0 Å². The maximum Gasteiger partial charge on any atom is 0.227 e. The average molecular weight is 288 g/mol. The summed E-state index contributed by atoms with van der Waals surface area (Å²) in [7, 11) is 0. The van der Waals surface area contributed by atoms with Crippen molar-refractivity contribution in [2.45, 2.75) is 51.9 Å². The molecule has 3 N–H and O–H groups in total. The Labute approximate surface area is 128 Å². The van der Waals surface area contributed by atoms with Gasteiger partial charge in [0.2, 0.25) is 5.91 Å². The molecule has 2 rings (SSSR count). The molecule has 3 nitrogen and oxygen atoms in total. The SMILES string of the molecule is CC(C)(C)c1ccc(NC(=O)C2CCCCC2CN)cc1. The van der Waals surface area contributed by atoms with Crippen LogP contribution in [0.4, 0.5) is 5.69 Å². The van der Waals surface area contributed by atoms with E-state index >= 15 is 0 Å². The first-order valence-electron chi connectivity index (χ1n) is 8.03. The number of nitrogens with one attached hydrogen (secondary N) is 1. The van der Waals surface area contributed by atoms with E-state index < -0.39 is 0 Å². The van der Waals surface area contributed by atoms with E-state index in [0.717, 1.165) is 24.9 Å². The molecule has 0 heterocycles. The van der Waals surface area contributed by atoms with Gasteiger partial charge in [0.1, 0.15) is 0 Å². The lowest BCUT2D eigenvalue weighted by Gasteiger charge is -2.29. The van der Waals surface area contributed by atoms with Crippen molar-refractivity contribution >= 4 is 11.6 Å². The summed E-state index contributed by atoms with van der Waals surface area (Å²) in [6.07, 6.45) is 4.38. The standard InChI is InChI=1S/C18H28N2O/c1-18(2,3)14-8-10-15(11-9-14)20-17(21)16-7-5-4-6-13(16)12-19/h8-11,13,16H,4-7,12,19H2,1-3H3,(H,20,21). The Balaban J connectivity index is 2.02. The van der Waals surface area contributed by atoms with Gasteiger partial charge in [0.05, 0.1) is 0 Å². The highest BCUT2D eigenvalue weighted by atomic mass is 16.1. The Hall–Kier alpha value is -1.35. The molecular weight excluding hydrogens is 260 g/mol. The third-order valence-corrected chi connectivity index (χ3v) is 4.57. The zero-order valence-corrected chi connectivity index (χ0v) is 13.5. The first-order chi connectivity index (χ1) is 9.91. The molecule has 0 radical (unpaired) electrons. The van der Waals surface area contributed by atoms with Crippen LogP contribution in [0.5, 0.6) is 0 Å². The van der Waals surface area contributed by atoms with Crippen LogP contribution in [0, 0.1) is 11.8 Å². The number of nitrogens with two attached hydrogens (primary N) is 1. The maximum atomic E-state index is 12.5. The Bertz CT molecular complexity index is 473. The van der Waals surface area contributed by atoms with Crippen LogP contribution in [-0.4, -0.2) is 12.5 Å². The average Bonchev–Trinajstić information content (AvgIpc) is 2.46. The summed E-state index contributed by atoms with van der Waals surface area (Å²) in [5.74, 6) is 0.548. The summed E-state index contributed by atoms with van der Waals surface area (Å²) < 4.78 is 0. The molecular formula is C18H28N2O. The Kier molecular flexibility index (Phi) is 5.04. The fourth-order valence-electron chi connectivity index (χ4n) is 3.12.